The van der Waals surface area contributed by atoms with Gasteiger partial charge in [0.1, 0.15) is 57.9 Å². The predicted octanol–water partition coefficient (Wildman–Crippen LogP) is 1.61. The van der Waals surface area contributed by atoms with Crippen molar-refractivity contribution in [1.82, 2.24) is 24.9 Å². The van der Waals surface area contributed by atoms with Crippen LogP contribution in [0.4, 0.5) is 5.82 Å². The van der Waals surface area contributed by atoms with Gasteiger partial charge in [-0.25, -0.2) is 24.9 Å². The maximum atomic E-state index is 9.65. The van der Waals surface area contributed by atoms with Crippen molar-refractivity contribution >= 4 is 38.8 Å². The van der Waals surface area contributed by atoms with Gasteiger partial charge in [-0.3, -0.25) is 0 Å². The van der Waals surface area contributed by atoms with Gasteiger partial charge in [0.2, 0.25) is 0 Å². The number of nitriles is 5. The Morgan fingerprint density at radius 1 is 0.594 bits per heavy atom. The second-order valence-electron chi connectivity index (χ2n) is 6.94. The lowest BCUT2D eigenvalue weighted by atomic mass is 9.99. The molecule has 0 aliphatic carbocycles. The number of rotatable bonds is 1. The quantitative estimate of drug-likeness (QED) is 0.326. The Labute approximate surface area is 179 Å². The molecule has 0 radical (unpaired) electrons. The highest BCUT2D eigenvalue weighted by Crippen LogP contribution is 2.36. The Hall–Kier alpha value is -5.44. The first kappa shape index (κ1) is 18.6. The molecule has 0 bridgehead atoms. The lowest BCUT2D eigenvalue weighted by Crippen LogP contribution is -2.06. The van der Waals surface area contributed by atoms with Gasteiger partial charge in [0, 0.05) is 18.5 Å². The summed E-state index contributed by atoms with van der Waals surface area (Å²) in [5.41, 5.74) is 1.11. The highest BCUT2D eigenvalue weighted by atomic mass is 15.3. The molecule has 4 heterocycles. The van der Waals surface area contributed by atoms with Crippen molar-refractivity contribution in [2.75, 3.05) is 18.0 Å². The summed E-state index contributed by atoms with van der Waals surface area (Å²) in [6.45, 7) is 3.08. The van der Waals surface area contributed by atoms with Crippen LogP contribution in [0.1, 0.15) is 33.9 Å². The van der Waals surface area contributed by atoms with Crippen molar-refractivity contribution in [3.8, 4) is 30.3 Å². The van der Waals surface area contributed by atoms with Crippen molar-refractivity contribution in [3.05, 3.63) is 33.9 Å². The molecule has 0 amide bonds. The van der Waals surface area contributed by atoms with Crippen LogP contribution in [-0.2, 0) is 0 Å². The molecule has 5 rings (SSSR count). The number of aromatic nitrogens is 5. The summed E-state index contributed by atoms with van der Waals surface area (Å²) in [5, 5.41) is 48.0. The van der Waals surface area contributed by atoms with Gasteiger partial charge in [0.15, 0.2) is 28.6 Å². The molecule has 0 spiro atoms. The van der Waals surface area contributed by atoms with E-state index >= 15 is 0 Å². The van der Waals surface area contributed by atoms with Crippen molar-refractivity contribution in [2.24, 2.45) is 0 Å². The summed E-state index contributed by atoms with van der Waals surface area (Å²) in [5.74, 6) is 0.380. The van der Waals surface area contributed by atoms with Crippen molar-refractivity contribution in [3.63, 3.8) is 0 Å². The Bertz CT molecular complexity index is 1750. The van der Waals surface area contributed by atoms with Crippen LogP contribution in [0, 0.1) is 63.6 Å². The van der Waals surface area contributed by atoms with Crippen LogP contribution in [0.3, 0.4) is 0 Å². The van der Waals surface area contributed by atoms with Crippen LogP contribution in [0.5, 0.6) is 0 Å². The van der Waals surface area contributed by atoms with E-state index in [1.807, 2.05) is 35.2 Å². The molecule has 1 aromatic carbocycles. The summed E-state index contributed by atoms with van der Waals surface area (Å²) in [4.78, 5) is 23.9. The van der Waals surface area contributed by atoms with Crippen molar-refractivity contribution in [1.29, 1.82) is 26.3 Å². The zero-order chi connectivity index (χ0) is 22.6. The minimum atomic E-state index is -0.198. The molecule has 146 valence electrons. The smallest absolute Gasteiger partial charge is 0.183 e. The van der Waals surface area contributed by atoms with Gasteiger partial charge in [0.05, 0.1) is 5.56 Å². The molecule has 1 saturated heterocycles. The summed E-state index contributed by atoms with van der Waals surface area (Å²) in [6.07, 6.45) is 0. The molecule has 1 aliphatic heterocycles. The van der Waals surface area contributed by atoms with Crippen LogP contribution >= 0.6 is 0 Å². The fraction of sp³-hybridized carbons (Fsp3) is 0.143. The van der Waals surface area contributed by atoms with E-state index in [4.69, 9.17) is 0 Å². The summed E-state index contributed by atoms with van der Waals surface area (Å²) in [6, 6.07) is 9.64. The number of anilines is 1. The van der Waals surface area contributed by atoms with E-state index in [-0.39, 0.29) is 55.9 Å². The van der Waals surface area contributed by atoms with Crippen LogP contribution in [0.15, 0.2) is 0 Å². The second-order valence-corrected chi connectivity index (χ2v) is 6.94. The largest absolute Gasteiger partial charge is 0.351 e. The number of hydrogen-bond donors (Lipinski definition) is 0. The normalized spacial score (nSPS) is 12.1. The first-order chi connectivity index (χ1) is 15.6. The van der Waals surface area contributed by atoms with Crippen molar-refractivity contribution in [2.45, 2.75) is 6.92 Å². The molecule has 1 aliphatic rings. The fourth-order valence-electron chi connectivity index (χ4n) is 3.63. The van der Waals surface area contributed by atoms with Gasteiger partial charge < -0.3 is 4.90 Å². The third-order valence-corrected chi connectivity index (χ3v) is 5.19. The van der Waals surface area contributed by atoms with E-state index in [1.165, 1.54) is 0 Å². The Kier molecular flexibility index (Phi) is 3.80. The van der Waals surface area contributed by atoms with Gasteiger partial charge in [-0.05, 0) is 12.5 Å². The molecule has 3 aromatic heterocycles. The lowest BCUT2D eigenvalue weighted by Gasteiger charge is -2.13. The van der Waals surface area contributed by atoms with Crippen LogP contribution in [0.25, 0.3) is 33.0 Å². The minimum Gasteiger partial charge on any atom is -0.351 e. The molecule has 4 aromatic rings. The molecule has 1 fully saturated rings. The minimum absolute atomic E-state index is 0.0677. The summed E-state index contributed by atoms with van der Waals surface area (Å²) < 4.78 is 0. The van der Waals surface area contributed by atoms with E-state index in [9.17, 15) is 26.3 Å². The molecule has 11 heteroatoms. The number of hydrogen-bond acceptors (Lipinski definition) is 11. The predicted molar refractivity (Wildman–Crippen MR) is 108 cm³/mol. The van der Waals surface area contributed by atoms with Crippen molar-refractivity contribution < 1.29 is 0 Å². The monoisotopic (exact) mass is 413 g/mol. The van der Waals surface area contributed by atoms with Gasteiger partial charge in [-0.1, -0.05) is 0 Å². The molecule has 11 nitrogen and oxygen atoms in total. The third kappa shape index (κ3) is 2.39. The molecule has 0 saturated carbocycles. The SMILES string of the molecule is Cc1c(C#N)c(C#N)nc2c3nc(C#N)c(C#N)nc3c3nc(N4CC4)c(C#N)nc3c12. The molecular formula is C21H7N11. The van der Waals surface area contributed by atoms with Gasteiger partial charge in [-0.15, -0.1) is 0 Å². The van der Waals surface area contributed by atoms with E-state index in [0.717, 1.165) is 13.1 Å². The van der Waals surface area contributed by atoms with Crippen LogP contribution in [0.2, 0.25) is 0 Å². The number of fused-ring (bicyclic) bond motifs is 6. The number of benzene rings is 1. The Morgan fingerprint density at radius 3 is 1.56 bits per heavy atom. The topological polar surface area (TPSA) is 186 Å². The van der Waals surface area contributed by atoms with Gasteiger partial charge in [-0.2, -0.15) is 26.3 Å². The Balaban J connectivity index is 2.14. The first-order valence-electron chi connectivity index (χ1n) is 9.21. The van der Waals surface area contributed by atoms with Gasteiger partial charge >= 0.3 is 0 Å². The Morgan fingerprint density at radius 2 is 1.06 bits per heavy atom. The molecule has 0 N–H and O–H groups in total. The van der Waals surface area contributed by atoms with E-state index in [2.05, 4.69) is 24.9 Å². The average molecular weight is 413 g/mol. The van der Waals surface area contributed by atoms with E-state index < -0.39 is 0 Å². The van der Waals surface area contributed by atoms with E-state index in [1.54, 1.807) is 6.92 Å². The van der Waals surface area contributed by atoms with Crippen LogP contribution in [-0.4, -0.2) is 38.0 Å². The lowest BCUT2D eigenvalue weighted by molar-refractivity contribution is 1.16. The summed E-state index contributed by atoms with van der Waals surface area (Å²) >= 11 is 0. The van der Waals surface area contributed by atoms with Gasteiger partial charge in [0.25, 0.3) is 0 Å². The van der Waals surface area contributed by atoms with E-state index in [0.29, 0.717) is 16.8 Å². The summed E-state index contributed by atoms with van der Waals surface area (Å²) in [7, 11) is 0. The number of aryl methyl sites for hydroxylation is 1. The second kappa shape index (κ2) is 6.54. The first-order valence-corrected chi connectivity index (χ1v) is 9.21. The number of nitrogens with zero attached hydrogens (tertiary/aromatic N) is 11. The average Bonchev–Trinajstić information content (AvgIpc) is 3.67. The zero-order valence-electron chi connectivity index (χ0n) is 16.3. The number of pyridine rings is 1. The van der Waals surface area contributed by atoms with Crippen LogP contribution < -0.4 is 4.90 Å². The zero-order valence-corrected chi connectivity index (χ0v) is 16.3. The maximum Gasteiger partial charge on any atom is 0.183 e. The maximum absolute atomic E-state index is 9.65. The standard InChI is InChI=1S/C21H7N11/c1-9-10(4-22)11(5-23)27-16-15(9)17-19(31-21(32-2-3-32)14(8-26)30-17)20-18(16)28-12(6-24)13(7-25)29-20/h2-3H2,1H3. The molecule has 0 unspecified atom stereocenters. The third-order valence-electron chi connectivity index (χ3n) is 5.19. The molecular weight excluding hydrogens is 406 g/mol. The molecule has 0 atom stereocenters. The molecule has 32 heavy (non-hydrogen) atoms. The highest BCUT2D eigenvalue weighted by Gasteiger charge is 2.28. The fourth-order valence-corrected chi connectivity index (χ4v) is 3.63. The highest BCUT2D eigenvalue weighted by molar-refractivity contribution is 6.21.